The Bertz CT molecular complexity index is 614. The number of aromatic nitrogens is 1. The zero-order chi connectivity index (χ0) is 14.5. The van der Waals surface area contributed by atoms with E-state index in [1.807, 2.05) is 0 Å². The van der Waals surface area contributed by atoms with Crippen molar-refractivity contribution in [3.8, 4) is 5.75 Å². The molecule has 1 aromatic carbocycles. The molecule has 20 heavy (non-hydrogen) atoms. The summed E-state index contributed by atoms with van der Waals surface area (Å²) in [6, 6.07) is 9.48. The zero-order valence-electron chi connectivity index (χ0n) is 10.6. The monoisotopic (exact) mass is 274 g/mol. The maximum absolute atomic E-state index is 10.9. The number of nitrogens with two attached hydrogens (primary N) is 1. The van der Waals surface area contributed by atoms with Crippen molar-refractivity contribution in [2.45, 2.75) is 6.42 Å². The van der Waals surface area contributed by atoms with Gasteiger partial charge in [-0.3, -0.25) is 10.1 Å². The van der Waals surface area contributed by atoms with E-state index in [-0.39, 0.29) is 23.1 Å². The summed E-state index contributed by atoms with van der Waals surface area (Å²) in [6.45, 7) is 0.474. The molecule has 0 spiro atoms. The quantitative estimate of drug-likeness (QED) is 0.567. The van der Waals surface area contributed by atoms with Gasteiger partial charge >= 0.3 is 5.69 Å². The average molecular weight is 274 g/mol. The molecule has 2 aromatic rings. The van der Waals surface area contributed by atoms with Crippen LogP contribution >= 0.6 is 0 Å². The van der Waals surface area contributed by atoms with E-state index in [9.17, 15) is 15.2 Å². The number of nitrogen functional groups attached to an aromatic ring is 1. The number of benzene rings is 1. The summed E-state index contributed by atoms with van der Waals surface area (Å²) in [7, 11) is 0. The van der Waals surface area contributed by atoms with Crippen LogP contribution in [0, 0.1) is 10.1 Å². The highest BCUT2D eigenvalue weighted by atomic mass is 16.6. The topological polar surface area (TPSA) is 114 Å². The summed E-state index contributed by atoms with van der Waals surface area (Å²) in [6.07, 6.45) is 0.647. The molecular weight excluding hydrogens is 260 g/mol. The summed E-state index contributed by atoms with van der Waals surface area (Å²) in [4.78, 5) is 14.3. The van der Waals surface area contributed by atoms with Crippen LogP contribution in [0.5, 0.6) is 5.75 Å². The van der Waals surface area contributed by atoms with Gasteiger partial charge in [0.2, 0.25) is 5.82 Å². The Hall–Kier alpha value is -2.83. The van der Waals surface area contributed by atoms with Gasteiger partial charge in [0.25, 0.3) is 0 Å². The van der Waals surface area contributed by atoms with Gasteiger partial charge in [-0.2, -0.15) is 0 Å². The number of pyridine rings is 1. The van der Waals surface area contributed by atoms with E-state index in [1.165, 1.54) is 12.1 Å². The van der Waals surface area contributed by atoms with Gasteiger partial charge in [0, 0.05) is 12.6 Å². The van der Waals surface area contributed by atoms with Gasteiger partial charge in [-0.05, 0) is 30.2 Å². The molecule has 0 atom stereocenters. The summed E-state index contributed by atoms with van der Waals surface area (Å²) < 4.78 is 0. The third kappa shape index (κ3) is 3.35. The maximum Gasteiger partial charge on any atom is 0.311 e. The summed E-state index contributed by atoms with van der Waals surface area (Å²) in [5.41, 5.74) is 6.42. The number of nitrogens with one attached hydrogen (secondary N) is 1. The number of hydrogen-bond donors (Lipinski definition) is 3. The highest BCUT2D eigenvalue weighted by Crippen LogP contribution is 2.22. The van der Waals surface area contributed by atoms with E-state index in [2.05, 4.69) is 10.3 Å². The molecule has 0 aliphatic heterocycles. The van der Waals surface area contributed by atoms with E-state index in [4.69, 9.17) is 5.73 Å². The predicted octanol–water partition coefficient (Wildman–Crippen LogP) is 1.93. The fourth-order valence-corrected chi connectivity index (χ4v) is 1.73. The molecule has 0 amide bonds. The Balaban J connectivity index is 2.02. The Kier molecular flexibility index (Phi) is 3.99. The first-order valence-electron chi connectivity index (χ1n) is 5.99. The fourth-order valence-electron chi connectivity index (χ4n) is 1.73. The number of phenolic OH excluding ortho intramolecular Hbond substituents is 1. The average Bonchev–Trinajstić information content (AvgIpc) is 2.41. The Morgan fingerprint density at radius 1 is 1.25 bits per heavy atom. The van der Waals surface area contributed by atoms with Crippen LogP contribution in [-0.2, 0) is 6.42 Å². The Morgan fingerprint density at radius 3 is 2.60 bits per heavy atom. The molecule has 7 heteroatoms. The van der Waals surface area contributed by atoms with Crippen LogP contribution < -0.4 is 11.1 Å². The standard InChI is InChI=1S/C13H14N4O3/c14-12-6-5-11(17(19)20)13(16-12)15-8-7-9-1-3-10(18)4-2-9/h1-6,18H,7-8H2,(H3,14,15,16). The van der Waals surface area contributed by atoms with Crippen molar-refractivity contribution < 1.29 is 10.0 Å². The van der Waals surface area contributed by atoms with Crippen LogP contribution in [-0.4, -0.2) is 21.6 Å². The second kappa shape index (κ2) is 5.87. The molecule has 2 rings (SSSR count). The number of anilines is 2. The molecule has 0 bridgehead atoms. The smallest absolute Gasteiger partial charge is 0.311 e. The highest BCUT2D eigenvalue weighted by molar-refractivity contribution is 5.59. The minimum atomic E-state index is -0.505. The van der Waals surface area contributed by atoms with Gasteiger partial charge in [0.15, 0.2) is 0 Å². The number of phenols is 1. The van der Waals surface area contributed by atoms with E-state index in [0.29, 0.717) is 13.0 Å². The van der Waals surface area contributed by atoms with Crippen molar-refractivity contribution in [2.24, 2.45) is 0 Å². The molecule has 0 aliphatic rings. The van der Waals surface area contributed by atoms with Crippen LogP contribution in [0.25, 0.3) is 0 Å². The van der Waals surface area contributed by atoms with E-state index < -0.39 is 4.92 Å². The molecule has 0 aliphatic carbocycles. The van der Waals surface area contributed by atoms with Crippen molar-refractivity contribution in [1.82, 2.24) is 4.98 Å². The SMILES string of the molecule is Nc1ccc([N+](=O)[O-])c(NCCc2ccc(O)cc2)n1. The van der Waals surface area contributed by atoms with Gasteiger partial charge in [-0.25, -0.2) is 4.98 Å². The van der Waals surface area contributed by atoms with Crippen LogP contribution in [0.1, 0.15) is 5.56 Å². The van der Waals surface area contributed by atoms with Crippen molar-refractivity contribution in [1.29, 1.82) is 0 Å². The normalized spacial score (nSPS) is 10.2. The number of nitrogens with zero attached hydrogens (tertiary/aromatic N) is 2. The second-order valence-corrected chi connectivity index (χ2v) is 4.20. The lowest BCUT2D eigenvalue weighted by atomic mass is 10.1. The van der Waals surface area contributed by atoms with Crippen molar-refractivity contribution >= 4 is 17.3 Å². The molecule has 0 fully saturated rings. The van der Waals surface area contributed by atoms with Gasteiger partial charge in [0.1, 0.15) is 11.6 Å². The molecule has 0 saturated heterocycles. The molecule has 104 valence electrons. The largest absolute Gasteiger partial charge is 0.508 e. The summed E-state index contributed by atoms with van der Waals surface area (Å²) >= 11 is 0. The first-order valence-corrected chi connectivity index (χ1v) is 5.99. The fraction of sp³-hybridized carbons (Fsp3) is 0.154. The number of rotatable bonds is 5. The van der Waals surface area contributed by atoms with Crippen molar-refractivity contribution in [3.63, 3.8) is 0 Å². The third-order valence-electron chi connectivity index (χ3n) is 2.73. The van der Waals surface area contributed by atoms with E-state index in [1.54, 1.807) is 24.3 Å². The van der Waals surface area contributed by atoms with Crippen LogP contribution in [0.15, 0.2) is 36.4 Å². The molecule has 0 radical (unpaired) electrons. The second-order valence-electron chi connectivity index (χ2n) is 4.20. The van der Waals surface area contributed by atoms with E-state index in [0.717, 1.165) is 5.56 Å². The van der Waals surface area contributed by atoms with Crippen LogP contribution in [0.2, 0.25) is 0 Å². The zero-order valence-corrected chi connectivity index (χ0v) is 10.6. The van der Waals surface area contributed by atoms with Crippen molar-refractivity contribution in [2.75, 3.05) is 17.6 Å². The van der Waals surface area contributed by atoms with Gasteiger partial charge in [0.05, 0.1) is 4.92 Å². The molecule has 7 nitrogen and oxygen atoms in total. The van der Waals surface area contributed by atoms with E-state index >= 15 is 0 Å². The summed E-state index contributed by atoms with van der Waals surface area (Å²) in [5.74, 6) is 0.589. The molecule has 0 saturated carbocycles. The number of aromatic hydroxyl groups is 1. The summed E-state index contributed by atoms with van der Waals surface area (Å²) in [5, 5.41) is 22.9. The van der Waals surface area contributed by atoms with Gasteiger partial charge in [-0.1, -0.05) is 12.1 Å². The lowest BCUT2D eigenvalue weighted by Gasteiger charge is -2.07. The minimum absolute atomic E-state index is 0.107. The molecule has 0 unspecified atom stereocenters. The molecular formula is C13H14N4O3. The van der Waals surface area contributed by atoms with Crippen LogP contribution in [0.3, 0.4) is 0 Å². The molecule has 1 aromatic heterocycles. The third-order valence-corrected chi connectivity index (χ3v) is 2.73. The Labute approximate surface area is 115 Å². The molecule has 1 heterocycles. The minimum Gasteiger partial charge on any atom is -0.508 e. The Morgan fingerprint density at radius 2 is 1.95 bits per heavy atom. The van der Waals surface area contributed by atoms with Crippen LogP contribution in [0.4, 0.5) is 17.3 Å². The lowest BCUT2D eigenvalue weighted by Crippen LogP contribution is -2.09. The maximum atomic E-state index is 10.9. The number of hydrogen-bond acceptors (Lipinski definition) is 6. The lowest BCUT2D eigenvalue weighted by molar-refractivity contribution is -0.384. The van der Waals surface area contributed by atoms with Gasteiger partial charge in [-0.15, -0.1) is 0 Å². The van der Waals surface area contributed by atoms with Crippen molar-refractivity contribution in [3.05, 3.63) is 52.1 Å². The predicted molar refractivity (Wildman–Crippen MR) is 75.6 cm³/mol. The first-order chi connectivity index (χ1) is 9.56. The number of nitro groups is 1. The first kappa shape index (κ1) is 13.6. The highest BCUT2D eigenvalue weighted by Gasteiger charge is 2.14. The van der Waals surface area contributed by atoms with Gasteiger partial charge < -0.3 is 16.2 Å². The molecule has 4 N–H and O–H groups in total.